The third-order valence-electron chi connectivity index (χ3n) is 1.91. The van der Waals surface area contributed by atoms with Crippen molar-refractivity contribution in [3.63, 3.8) is 0 Å². The van der Waals surface area contributed by atoms with Crippen molar-refractivity contribution in [1.29, 1.82) is 0 Å². The van der Waals surface area contributed by atoms with E-state index < -0.39 is 5.97 Å². The number of aliphatic carboxylic acids is 1. The van der Waals surface area contributed by atoms with Crippen molar-refractivity contribution in [2.24, 2.45) is 5.92 Å². The lowest BCUT2D eigenvalue weighted by Crippen LogP contribution is -2.08. The third kappa shape index (κ3) is 5.89. The molecule has 0 fully saturated rings. The average molecular weight is 158 g/mol. The fourth-order valence-corrected chi connectivity index (χ4v) is 1.00. The Kier molecular flexibility index (Phi) is 5.90. The van der Waals surface area contributed by atoms with Crippen LogP contribution in [0.25, 0.3) is 0 Å². The first-order valence-corrected chi connectivity index (χ1v) is 4.41. The quantitative estimate of drug-likeness (QED) is 0.603. The minimum atomic E-state index is -0.665. The molecule has 0 aliphatic carbocycles. The summed E-state index contributed by atoms with van der Waals surface area (Å²) in [7, 11) is 0. The highest BCUT2D eigenvalue weighted by Crippen LogP contribution is 2.09. The predicted molar refractivity (Wildman–Crippen MR) is 45.6 cm³/mol. The van der Waals surface area contributed by atoms with Gasteiger partial charge in [-0.05, 0) is 6.42 Å². The summed E-state index contributed by atoms with van der Waals surface area (Å²) in [5.41, 5.74) is 0. The minimum absolute atomic E-state index is 0.160. The highest BCUT2D eigenvalue weighted by Gasteiger charge is 2.08. The van der Waals surface area contributed by atoms with Gasteiger partial charge in [0, 0.05) is 0 Å². The van der Waals surface area contributed by atoms with E-state index in [1.54, 1.807) is 6.92 Å². The Morgan fingerprint density at radius 1 is 1.36 bits per heavy atom. The molecule has 0 aliphatic rings. The van der Waals surface area contributed by atoms with Gasteiger partial charge in [0.05, 0.1) is 5.92 Å². The summed E-state index contributed by atoms with van der Waals surface area (Å²) >= 11 is 0. The van der Waals surface area contributed by atoms with Crippen LogP contribution in [-0.2, 0) is 4.79 Å². The lowest BCUT2D eigenvalue weighted by Gasteiger charge is -2.04. The van der Waals surface area contributed by atoms with Gasteiger partial charge in [0.25, 0.3) is 0 Å². The molecule has 0 saturated carbocycles. The van der Waals surface area contributed by atoms with E-state index in [1.165, 1.54) is 19.3 Å². The van der Waals surface area contributed by atoms with Gasteiger partial charge in [0.15, 0.2) is 0 Å². The van der Waals surface area contributed by atoms with E-state index in [1.807, 2.05) is 0 Å². The molecule has 0 spiro atoms. The summed E-state index contributed by atoms with van der Waals surface area (Å²) in [4.78, 5) is 10.4. The van der Waals surface area contributed by atoms with Crippen molar-refractivity contribution in [3.05, 3.63) is 0 Å². The average Bonchev–Trinajstić information content (AvgIpc) is 1.97. The van der Waals surface area contributed by atoms with Crippen LogP contribution in [0.1, 0.15) is 46.0 Å². The maximum absolute atomic E-state index is 10.4. The van der Waals surface area contributed by atoms with Gasteiger partial charge in [0.1, 0.15) is 0 Å². The first-order valence-electron chi connectivity index (χ1n) is 4.41. The largest absolute Gasteiger partial charge is 0.481 e. The number of carboxylic acids is 1. The molecule has 0 aromatic heterocycles. The molecular weight excluding hydrogens is 140 g/mol. The molecular formula is C9H18O2. The maximum atomic E-state index is 10.4. The molecule has 0 saturated heterocycles. The van der Waals surface area contributed by atoms with Crippen LogP contribution in [-0.4, -0.2) is 11.1 Å². The van der Waals surface area contributed by atoms with Crippen molar-refractivity contribution < 1.29 is 9.90 Å². The molecule has 2 nitrogen and oxygen atoms in total. The van der Waals surface area contributed by atoms with Crippen LogP contribution in [0, 0.1) is 5.92 Å². The molecule has 0 bridgehead atoms. The fourth-order valence-electron chi connectivity index (χ4n) is 1.00. The van der Waals surface area contributed by atoms with E-state index in [-0.39, 0.29) is 5.92 Å². The summed E-state index contributed by atoms with van der Waals surface area (Å²) in [6.45, 7) is 3.93. The van der Waals surface area contributed by atoms with Gasteiger partial charge in [-0.1, -0.05) is 39.5 Å². The van der Waals surface area contributed by atoms with Gasteiger partial charge in [-0.3, -0.25) is 4.79 Å². The standard InChI is InChI=1S/C9H18O2/c1-3-4-5-6-7-8(2)9(10)11/h8H,3-7H2,1-2H3,(H,10,11)/t8-/m0/s1. The topological polar surface area (TPSA) is 37.3 Å². The summed E-state index contributed by atoms with van der Waals surface area (Å²) in [6.07, 6.45) is 5.50. The number of hydrogen-bond acceptors (Lipinski definition) is 1. The van der Waals surface area contributed by atoms with E-state index in [9.17, 15) is 4.79 Å². The van der Waals surface area contributed by atoms with Gasteiger partial charge in [0.2, 0.25) is 0 Å². The van der Waals surface area contributed by atoms with Crippen LogP contribution in [0.3, 0.4) is 0 Å². The molecule has 0 aliphatic heterocycles. The van der Waals surface area contributed by atoms with Gasteiger partial charge in [-0.15, -0.1) is 0 Å². The van der Waals surface area contributed by atoms with Crippen molar-refractivity contribution in [2.45, 2.75) is 46.0 Å². The number of hydrogen-bond donors (Lipinski definition) is 1. The maximum Gasteiger partial charge on any atom is 0.306 e. The molecule has 1 atom stereocenters. The zero-order valence-corrected chi connectivity index (χ0v) is 7.47. The van der Waals surface area contributed by atoms with E-state index >= 15 is 0 Å². The van der Waals surface area contributed by atoms with Crippen molar-refractivity contribution in [3.8, 4) is 0 Å². The number of unbranched alkanes of at least 4 members (excludes halogenated alkanes) is 3. The normalized spacial score (nSPS) is 12.9. The van der Waals surface area contributed by atoms with E-state index in [0.717, 1.165) is 12.8 Å². The Morgan fingerprint density at radius 2 is 2.00 bits per heavy atom. The van der Waals surface area contributed by atoms with Crippen molar-refractivity contribution in [1.82, 2.24) is 0 Å². The van der Waals surface area contributed by atoms with Crippen LogP contribution in [0.4, 0.5) is 0 Å². The van der Waals surface area contributed by atoms with Crippen LogP contribution < -0.4 is 0 Å². The first-order chi connectivity index (χ1) is 5.18. The molecule has 11 heavy (non-hydrogen) atoms. The molecule has 0 heterocycles. The fraction of sp³-hybridized carbons (Fsp3) is 0.889. The SMILES string of the molecule is CCCCCC[C@H](C)C(=O)O. The van der Waals surface area contributed by atoms with Gasteiger partial charge < -0.3 is 5.11 Å². The van der Waals surface area contributed by atoms with Crippen molar-refractivity contribution >= 4 is 5.97 Å². The Morgan fingerprint density at radius 3 is 2.45 bits per heavy atom. The lowest BCUT2D eigenvalue weighted by atomic mass is 10.0. The predicted octanol–water partition coefficient (Wildman–Crippen LogP) is 2.68. The third-order valence-corrected chi connectivity index (χ3v) is 1.91. The number of carbonyl (C=O) groups is 1. The second kappa shape index (κ2) is 6.20. The monoisotopic (exact) mass is 158 g/mol. The van der Waals surface area contributed by atoms with Crippen LogP contribution in [0.2, 0.25) is 0 Å². The van der Waals surface area contributed by atoms with E-state index in [4.69, 9.17) is 5.11 Å². The second-order valence-corrected chi connectivity index (χ2v) is 3.09. The Hall–Kier alpha value is -0.530. The van der Waals surface area contributed by atoms with Crippen molar-refractivity contribution in [2.75, 3.05) is 0 Å². The second-order valence-electron chi connectivity index (χ2n) is 3.09. The van der Waals surface area contributed by atoms with Crippen LogP contribution >= 0.6 is 0 Å². The molecule has 2 heteroatoms. The smallest absolute Gasteiger partial charge is 0.306 e. The van der Waals surface area contributed by atoms with E-state index in [0.29, 0.717) is 0 Å². The molecule has 0 aromatic carbocycles. The van der Waals surface area contributed by atoms with Gasteiger partial charge in [-0.2, -0.15) is 0 Å². The molecule has 0 amide bonds. The molecule has 0 unspecified atom stereocenters. The molecule has 0 radical (unpaired) electrons. The highest BCUT2D eigenvalue weighted by atomic mass is 16.4. The summed E-state index contributed by atoms with van der Waals surface area (Å²) in [6, 6.07) is 0. The summed E-state index contributed by atoms with van der Waals surface area (Å²) in [5.74, 6) is -0.826. The Balaban J connectivity index is 3.17. The van der Waals surface area contributed by atoms with Crippen LogP contribution in [0.5, 0.6) is 0 Å². The minimum Gasteiger partial charge on any atom is -0.481 e. The summed E-state index contributed by atoms with van der Waals surface area (Å²) in [5, 5.41) is 8.54. The zero-order chi connectivity index (χ0) is 8.69. The number of carboxylic acid groups (broad SMARTS) is 1. The Bertz CT molecular complexity index is 110. The molecule has 0 aromatic rings. The lowest BCUT2D eigenvalue weighted by molar-refractivity contribution is -0.141. The number of rotatable bonds is 6. The molecule has 1 N–H and O–H groups in total. The Labute approximate surface area is 68.6 Å². The van der Waals surface area contributed by atoms with E-state index in [2.05, 4.69) is 6.92 Å². The first kappa shape index (κ1) is 10.5. The molecule has 66 valence electrons. The molecule has 0 rings (SSSR count). The summed E-state index contributed by atoms with van der Waals surface area (Å²) < 4.78 is 0. The van der Waals surface area contributed by atoms with Gasteiger partial charge in [-0.25, -0.2) is 0 Å². The van der Waals surface area contributed by atoms with Gasteiger partial charge >= 0.3 is 5.97 Å². The van der Waals surface area contributed by atoms with Crippen LogP contribution in [0.15, 0.2) is 0 Å². The highest BCUT2D eigenvalue weighted by molar-refractivity contribution is 5.69. The zero-order valence-electron chi connectivity index (χ0n) is 7.47.